The summed E-state index contributed by atoms with van der Waals surface area (Å²) in [5.74, 6) is 0.612. The SMILES string of the molecule is CC1CN(S(=O)(=O)c2ccc(O)c(N)c2)CC1C. The monoisotopic (exact) mass is 270 g/mol. The van der Waals surface area contributed by atoms with Crippen molar-refractivity contribution < 1.29 is 13.5 Å². The van der Waals surface area contributed by atoms with Gasteiger partial charge in [-0.2, -0.15) is 4.31 Å². The summed E-state index contributed by atoms with van der Waals surface area (Å²) in [5.41, 5.74) is 5.62. The van der Waals surface area contributed by atoms with Crippen molar-refractivity contribution in [2.75, 3.05) is 18.8 Å². The maximum Gasteiger partial charge on any atom is 0.243 e. The Kier molecular flexibility index (Phi) is 3.25. The first-order chi connectivity index (χ1) is 8.32. The number of benzene rings is 1. The van der Waals surface area contributed by atoms with E-state index in [0.29, 0.717) is 24.9 Å². The van der Waals surface area contributed by atoms with Crippen molar-refractivity contribution in [3.8, 4) is 5.75 Å². The highest BCUT2D eigenvalue weighted by atomic mass is 32.2. The van der Waals surface area contributed by atoms with Crippen LogP contribution in [0.5, 0.6) is 5.75 Å². The van der Waals surface area contributed by atoms with Gasteiger partial charge in [-0.1, -0.05) is 13.8 Å². The van der Waals surface area contributed by atoms with Crippen LogP contribution in [0.2, 0.25) is 0 Å². The van der Waals surface area contributed by atoms with Crippen LogP contribution in [0.3, 0.4) is 0 Å². The van der Waals surface area contributed by atoms with E-state index in [2.05, 4.69) is 0 Å². The zero-order valence-corrected chi connectivity index (χ0v) is 11.3. The van der Waals surface area contributed by atoms with E-state index in [-0.39, 0.29) is 16.3 Å². The molecule has 5 nitrogen and oxygen atoms in total. The lowest BCUT2D eigenvalue weighted by atomic mass is 10.0. The molecule has 1 saturated heterocycles. The van der Waals surface area contributed by atoms with E-state index < -0.39 is 10.0 Å². The van der Waals surface area contributed by atoms with Crippen molar-refractivity contribution in [2.45, 2.75) is 18.7 Å². The van der Waals surface area contributed by atoms with Crippen LogP contribution in [-0.4, -0.2) is 30.9 Å². The molecule has 6 heteroatoms. The molecule has 2 atom stereocenters. The highest BCUT2D eigenvalue weighted by molar-refractivity contribution is 7.89. The summed E-state index contributed by atoms with van der Waals surface area (Å²) in [6.45, 7) is 5.16. The minimum Gasteiger partial charge on any atom is -0.506 e. The topological polar surface area (TPSA) is 83.6 Å². The van der Waals surface area contributed by atoms with Crippen molar-refractivity contribution in [3.63, 3.8) is 0 Å². The Bertz CT molecular complexity index is 546. The van der Waals surface area contributed by atoms with Gasteiger partial charge in [-0.3, -0.25) is 0 Å². The number of rotatable bonds is 2. The number of anilines is 1. The molecule has 0 saturated carbocycles. The molecule has 1 aromatic rings. The van der Waals surface area contributed by atoms with E-state index in [9.17, 15) is 13.5 Å². The second-order valence-electron chi connectivity index (χ2n) is 5.00. The van der Waals surface area contributed by atoms with Crippen molar-refractivity contribution >= 4 is 15.7 Å². The molecule has 1 heterocycles. The van der Waals surface area contributed by atoms with Gasteiger partial charge in [-0.05, 0) is 30.0 Å². The van der Waals surface area contributed by atoms with Crippen molar-refractivity contribution in [2.24, 2.45) is 11.8 Å². The van der Waals surface area contributed by atoms with Gasteiger partial charge in [-0.25, -0.2) is 8.42 Å². The molecule has 3 N–H and O–H groups in total. The number of nitrogens with zero attached hydrogens (tertiary/aromatic N) is 1. The molecule has 1 aromatic carbocycles. The van der Waals surface area contributed by atoms with Gasteiger partial charge in [0.25, 0.3) is 0 Å². The van der Waals surface area contributed by atoms with Gasteiger partial charge < -0.3 is 10.8 Å². The van der Waals surface area contributed by atoms with E-state index >= 15 is 0 Å². The Hall–Kier alpha value is -1.27. The number of aromatic hydroxyl groups is 1. The predicted molar refractivity (Wildman–Crippen MR) is 69.6 cm³/mol. The number of hydrogen-bond donors (Lipinski definition) is 2. The highest BCUT2D eigenvalue weighted by Gasteiger charge is 2.35. The molecule has 0 bridgehead atoms. The van der Waals surface area contributed by atoms with Gasteiger partial charge in [0.1, 0.15) is 5.75 Å². The molecule has 100 valence electrons. The third-order valence-electron chi connectivity index (χ3n) is 3.59. The Morgan fingerprint density at radius 3 is 2.33 bits per heavy atom. The first kappa shape index (κ1) is 13.2. The molecule has 1 aliphatic rings. The predicted octanol–water partition coefficient (Wildman–Crippen LogP) is 1.25. The van der Waals surface area contributed by atoms with Crippen LogP contribution in [-0.2, 0) is 10.0 Å². The second kappa shape index (κ2) is 4.44. The summed E-state index contributed by atoms with van der Waals surface area (Å²) in [7, 11) is -3.50. The average Bonchev–Trinajstić information content (AvgIpc) is 2.64. The lowest BCUT2D eigenvalue weighted by Gasteiger charge is -2.16. The minimum atomic E-state index is -3.50. The van der Waals surface area contributed by atoms with Crippen LogP contribution >= 0.6 is 0 Å². The van der Waals surface area contributed by atoms with E-state index in [1.54, 1.807) is 0 Å². The van der Waals surface area contributed by atoms with Gasteiger partial charge in [0, 0.05) is 13.1 Å². The summed E-state index contributed by atoms with van der Waals surface area (Å²) in [6, 6.07) is 4.00. The number of sulfonamides is 1. The molecule has 2 rings (SSSR count). The van der Waals surface area contributed by atoms with Gasteiger partial charge in [0.15, 0.2) is 0 Å². The zero-order chi connectivity index (χ0) is 13.5. The zero-order valence-electron chi connectivity index (χ0n) is 10.5. The van der Waals surface area contributed by atoms with E-state index in [4.69, 9.17) is 5.73 Å². The molecule has 0 radical (unpaired) electrons. The fourth-order valence-corrected chi connectivity index (χ4v) is 3.79. The smallest absolute Gasteiger partial charge is 0.243 e. The van der Waals surface area contributed by atoms with Gasteiger partial charge in [0.2, 0.25) is 10.0 Å². The summed E-state index contributed by atoms with van der Waals surface area (Å²) in [6.07, 6.45) is 0. The normalized spacial score (nSPS) is 25.4. The standard InChI is InChI=1S/C12H18N2O3S/c1-8-6-14(7-9(8)2)18(16,17)10-3-4-12(15)11(13)5-10/h3-5,8-9,15H,6-7,13H2,1-2H3. The Labute approximate surface area is 107 Å². The quantitative estimate of drug-likeness (QED) is 0.626. The Morgan fingerprint density at radius 2 is 1.83 bits per heavy atom. The third-order valence-corrected chi connectivity index (χ3v) is 5.42. The second-order valence-corrected chi connectivity index (χ2v) is 6.94. The van der Waals surface area contributed by atoms with Crippen molar-refractivity contribution in [1.29, 1.82) is 0 Å². The highest BCUT2D eigenvalue weighted by Crippen LogP contribution is 2.30. The summed E-state index contributed by atoms with van der Waals surface area (Å²) in [5, 5.41) is 9.33. The fraction of sp³-hybridized carbons (Fsp3) is 0.500. The van der Waals surface area contributed by atoms with Crippen molar-refractivity contribution in [1.82, 2.24) is 4.31 Å². The Balaban J connectivity index is 2.34. The molecule has 0 spiro atoms. The van der Waals surface area contributed by atoms with Gasteiger partial charge in [-0.15, -0.1) is 0 Å². The molecular weight excluding hydrogens is 252 g/mol. The first-order valence-electron chi connectivity index (χ1n) is 5.91. The summed E-state index contributed by atoms with van der Waals surface area (Å²) in [4.78, 5) is 0.138. The lowest BCUT2D eigenvalue weighted by molar-refractivity contribution is 0.462. The molecule has 1 fully saturated rings. The van der Waals surface area contributed by atoms with Crippen LogP contribution in [0.4, 0.5) is 5.69 Å². The number of phenolic OH excluding ortho intramolecular Hbond substituents is 1. The third kappa shape index (κ3) is 2.18. The van der Waals surface area contributed by atoms with Gasteiger partial charge in [0.05, 0.1) is 10.6 Å². The Morgan fingerprint density at radius 1 is 1.28 bits per heavy atom. The lowest BCUT2D eigenvalue weighted by Crippen LogP contribution is -2.29. The van der Waals surface area contributed by atoms with Crippen LogP contribution in [0.15, 0.2) is 23.1 Å². The summed E-state index contributed by atoms with van der Waals surface area (Å²) < 4.78 is 26.2. The molecule has 1 aliphatic heterocycles. The van der Waals surface area contributed by atoms with E-state index in [1.165, 1.54) is 22.5 Å². The van der Waals surface area contributed by atoms with E-state index in [1.807, 2.05) is 13.8 Å². The van der Waals surface area contributed by atoms with Gasteiger partial charge >= 0.3 is 0 Å². The van der Waals surface area contributed by atoms with Crippen LogP contribution in [0.1, 0.15) is 13.8 Å². The van der Waals surface area contributed by atoms with Crippen LogP contribution in [0.25, 0.3) is 0 Å². The first-order valence-corrected chi connectivity index (χ1v) is 7.35. The van der Waals surface area contributed by atoms with Crippen molar-refractivity contribution in [3.05, 3.63) is 18.2 Å². The van der Waals surface area contributed by atoms with Crippen LogP contribution in [0, 0.1) is 11.8 Å². The number of nitrogen functional groups attached to an aromatic ring is 1. The number of nitrogens with two attached hydrogens (primary N) is 1. The summed E-state index contributed by atoms with van der Waals surface area (Å²) >= 11 is 0. The maximum absolute atomic E-state index is 12.4. The molecule has 0 aliphatic carbocycles. The number of phenols is 1. The molecule has 0 aromatic heterocycles. The molecular formula is C12H18N2O3S. The molecule has 18 heavy (non-hydrogen) atoms. The number of hydrogen-bond acceptors (Lipinski definition) is 4. The van der Waals surface area contributed by atoms with E-state index in [0.717, 1.165) is 0 Å². The maximum atomic E-state index is 12.4. The fourth-order valence-electron chi connectivity index (χ4n) is 2.12. The molecule has 0 amide bonds. The van der Waals surface area contributed by atoms with Crippen LogP contribution < -0.4 is 5.73 Å². The molecule has 2 unspecified atom stereocenters. The average molecular weight is 270 g/mol. The largest absolute Gasteiger partial charge is 0.506 e. The minimum absolute atomic E-state index is 0.0800.